The molecule has 1 aromatic rings. The molecule has 0 spiro atoms. The van der Waals surface area contributed by atoms with Crippen molar-refractivity contribution >= 4 is 27.3 Å². The van der Waals surface area contributed by atoms with Crippen molar-refractivity contribution in [2.24, 2.45) is 5.41 Å². The zero-order chi connectivity index (χ0) is 14.0. The van der Waals surface area contributed by atoms with Crippen molar-refractivity contribution < 1.29 is 9.53 Å². The average molecular weight is 327 g/mol. The van der Waals surface area contributed by atoms with E-state index >= 15 is 0 Å². The number of methoxy groups -OCH3 is 1. The molecule has 0 radical (unpaired) electrons. The summed E-state index contributed by atoms with van der Waals surface area (Å²) in [5.41, 5.74) is 2.07. The van der Waals surface area contributed by atoms with E-state index in [1.165, 1.54) is 0 Å². The number of halogens is 1. The molecule has 4 nitrogen and oxygen atoms in total. The molecule has 104 valence electrons. The maximum absolute atomic E-state index is 11.9. The number of hydrogen-bond acceptors (Lipinski definition) is 3. The van der Waals surface area contributed by atoms with Crippen molar-refractivity contribution in [3.63, 3.8) is 0 Å². The molecule has 0 bridgehead atoms. The van der Waals surface area contributed by atoms with Crippen LogP contribution in [0.5, 0.6) is 0 Å². The number of allylic oxidation sites excluding steroid dienone is 2. The molecule has 1 aliphatic rings. The Hall–Kier alpha value is -0.940. The Morgan fingerprint density at radius 1 is 1.47 bits per heavy atom. The number of carbonyl (C=O) groups excluding carboxylic acids is 1. The third kappa shape index (κ3) is 3.34. The van der Waals surface area contributed by atoms with Crippen molar-refractivity contribution in [1.82, 2.24) is 9.78 Å². The van der Waals surface area contributed by atoms with E-state index in [-0.39, 0.29) is 11.2 Å². The maximum Gasteiger partial charge on any atom is 0.156 e. The lowest BCUT2D eigenvalue weighted by molar-refractivity contribution is -0.116. The van der Waals surface area contributed by atoms with E-state index in [0.29, 0.717) is 19.6 Å². The minimum Gasteiger partial charge on any atom is -0.383 e. The highest BCUT2D eigenvalue weighted by Gasteiger charge is 2.30. The van der Waals surface area contributed by atoms with E-state index in [1.54, 1.807) is 19.4 Å². The van der Waals surface area contributed by atoms with Gasteiger partial charge in [0.15, 0.2) is 5.78 Å². The summed E-state index contributed by atoms with van der Waals surface area (Å²) in [6, 6.07) is 0. The van der Waals surface area contributed by atoms with Gasteiger partial charge >= 0.3 is 0 Å². The van der Waals surface area contributed by atoms with Gasteiger partial charge in [-0.2, -0.15) is 5.10 Å². The molecule has 19 heavy (non-hydrogen) atoms. The lowest BCUT2D eigenvalue weighted by Crippen LogP contribution is -2.22. The number of carbonyl (C=O) groups is 1. The van der Waals surface area contributed by atoms with Crippen molar-refractivity contribution in [1.29, 1.82) is 0 Å². The van der Waals surface area contributed by atoms with Gasteiger partial charge in [0.1, 0.15) is 0 Å². The molecule has 0 amide bonds. The molecule has 0 aromatic carbocycles. The molecule has 0 unspecified atom stereocenters. The Morgan fingerprint density at radius 3 is 2.84 bits per heavy atom. The topological polar surface area (TPSA) is 44.1 Å². The van der Waals surface area contributed by atoms with E-state index in [2.05, 4.69) is 34.9 Å². The van der Waals surface area contributed by atoms with Crippen molar-refractivity contribution in [2.45, 2.75) is 33.2 Å². The van der Waals surface area contributed by atoms with Gasteiger partial charge in [-0.3, -0.25) is 9.48 Å². The van der Waals surface area contributed by atoms with Crippen molar-refractivity contribution in [2.75, 3.05) is 13.7 Å². The number of nitrogens with zero attached hydrogens (tertiary/aromatic N) is 2. The highest BCUT2D eigenvalue weighted by atomic mass is 79.9. The maximum atomic E-state index is 11.9. The zero-order valence-electron chi connectivity index (χ0n) is 11.6. The average Bonchev–Trinajstić information content (AvgIpc) is 2.65. The lowest BCUT2D eigenvalue weighted by Gasteiger charge is -2.29. The Bertz CT molecular complexity index is 518. The molecular weight excluding hydrogens is 308 g/mol. The third-order valence-corrected chi connectivity index (χ3v) is 3.84. The Morgan fingerprint density at radius 2 is 2.21 bits per heavy atom. The van der Waals surface area contributed by atoms with Crippen molar-refractivity contribution in [3.05, 3.63) is 22.4 Å². The summed E-state index contributed by atoms with van der Waals surface area (Å²) in [6.45, 7) is 5.54. The minimum absolute atomic E-state index is 0.0109. The van der Waals surface area contributed by atoms with Crippen molar-refractivity contribution in [3.8, 4) is 0 Å². The summed E-state index contributed by atoms with van der Waals surface area (Å²) in [5, 5.41) is 4.34. The second kappa shape index (κ2) is 5.59. The first-order valence-electron chi connectivity index (χ1n) is 6.37. The highest BCUT2D eigenvalue weighted by Crippen LogP contribution is 2.39. The first-order chi connectivity index (χ1) is 8.93. The van der Waals surface area contributed by atoms with Gasteiger partial charge in [-0.1, -0.05) is 13.8 Å². The second-order valence-electron chi connectivity index (χ2n) is 5.71. The third-order valence-electron chi connectivity index (χ3n) is 3.26. The standard InChI is InChI=1S/C14H19BrN2O2/c1-14(2)7-10(6-11(18)8-14)13-12(15)9-16-17(13)4-5-19-3/h6,9H,4-5,7-8H2,1-3H3. The first kappa shape index (κ1) is 14.5. The second-order valence-corrected chi connectivity index (χ2v) is 6.57. The molecule has 0 saturated heterocycles. The molecule has 0 atom stereocenters. The van der Waals surface area contributed by atoms with Crippen LogP contribution in [0.15, 0.2) is 16.7 Å². The van der Waals surface area contributed by atoms with Gasteiger partial charge in [-0.15, -0.1) is 0 Å². The summed E-state index contributed by atoms with van der Waals surface area (Å²) in [5.74, 6) is 0.192. The molecule has 5 heteroatoms. The largest absolute Gasteiger partial charge is 0.383 e. The van der Waals surface area contributed by atoms with E-state index in [0.717, 1.165) is 22.2 Å². The molecule has 1 aliphatic carbocycles. The van der Waals surface area contributed by atoms with Crippen LogP contribution in [0.4, 0.5) is 0 Å². The molecule has 0 fully saturated rings. The van der Waals surface area contributed by atoms with Crippen LogP contribution in [-0.2, 0) is 16.1 Å². The molecule has 1 heterocycles. The van der Waals surface area contributed by atoms with Crippen LogP contribution in [0.2, 0.25) is 0 Å². The van der Waals surface area contributed by atoms with Crippen LogP contribution < -0.4 is 0 Å². The highest BCUT2D eigenvalue weighted by molar-refractivity contribution is 9.10. The molecule has 2 rings (SSSR count). The van der Waals surface area contributed by atoms with Crippen LogP contribution >= 0.6 is 15.9 Å². The van der Waals surface area contributed by atoms with E-state index in [4.69, 9.17) is 4.74 Å². The molecule has 0 aliphatic heterocycles. The van der Waals surface area contributed by atoms with Crippen LogP contribution in [0.25, 0.3) is 5.57 Å². The van der Waals surface area contributed by atoms with Crippen LogP contribution in [0.1, 0.15) is 32.4 Å². The van der Waals surface area contributed by atoms with Gasteiger partial charge < -0.3 is 4.74 Å². The van der Waals surface area contributed by atoms with Gasteiger partial charge in [0, 0.05) is 13.5 Å². The lowest BCUT2D eigenvalue weighted by atomic mass is 9.76. The van der Waals surface area contributed by atoms with E-state index < -0.39 is 0 Å². The summed E-state index contributed by atoms with van der Waals surface area (Å²) in [6.07, 6.45) is 5.03. The summed E-state index contributed by atoms with van der Waals surface area (Å²) < 4.78 is 7.92. The smallest absolute Gasteiger partial charge is 0.156 e. The zero-order valence-corrected chi connectivity index (χ0v) is 13.2. The Balaban J connectivity index is 2.35. The fraction of sp³-hybridized carbons (Fsp3) is 0.571. The number of aromatic nitrogens is 2. The van der Waals surface area contributed by atoms with Crippen LogP contribution in [0.3, 0.4) is 0 Å². The molecular formula is C14H19BrN2O2. The summed E-state index contributed by atoms with van der Waals surface area (Å²) in [7, 11) is 1.67. The molecule has 0 N–H and O–H groups in total. The molecule has 0 saturated carbocycles. The summed E-state index contributed by atoms with van der Waals surface area (Å²) >= 11 is 3.53. The Kier molecular flexibility index (Phi) is 4.26. The SMILES string of the molecule is COCCn1ncc(Br)c1C1=CC(=O)CC(C)(C)C1. The minimum atomic E-state index is 0.0109. The number of hydrogen-bond donors (Lipinski definition) is 0. The first-order valence-corrected chi connectivity index (χ1v) is 7.16. The van der Waals surface area contributed by atoms with Gasteiger partial charge in [-0.05, 0) is 39.4 Å². The Labute approximate surface area is 122 Å². The quantitative estimate of drug-likeness (QED) is 0.854. The number of ketones is 1. The normalized spacial score (nSPS) is 18.5. The van der Waals surface area contributed by atoms with Gasteiger partial charge in [0.05, 0.1) is 29.5 Å². The fourth-order valence-corrected chi connectivity index (χ4v) is 3.08. The van der Waals surface area contributed by atoms with Gasteiger partial charge in [0.2, 0.25) is 0 Å². The number of ether oxygens (including phenoxy) is 1. The van der Waals surface area contributed by atoms with E-state index in [1.807, 2.05) is 4.68 Å². The predicted molar refractivity (Wildman–Crippen MR) is 77.8 cm³/mol. The number of rotatable bonds is 4. The van der Waals surface area contributed by atoms with Crippen LogP contribution in [-0.4, -0.2) is 29.3 Å². The summed E-state index contributed by atoms with van der Waals surface area (Å²) in [4.78, 5) is 11.9. The van der Waals surface area contributed by atoms with Gasteiger partial charge in [-0.25, -0.2) is 0 Å². The van der Waals surface area contributed by atoms with Crippen LogP contribution in [0, 0.1) is 5.41 Å². The predicted octanol–water partition coefficient (Wildman–Crippen LogP) is 3.06. The van der Waals surface area contributed by atoms with Gasteiger partial charge in [0.25, 0.3) is 0 Å². The fourth-order valence-electron chi connectivity index (χ4n) is 2.53. The molecule has 1 aromatic heterocycles. The monoisotopic (exact) mass is 326 g/mol. The van der Waals surface area contributed by atoms with E-state index in [9.17, 15) is 4.79 Å².